The third-order valence-electron chi connectivity index (χ3n) is 4.62. The van der Waals surface area contributed by atoms with E-state index < -0.39 is 5.97 Å². The number of likely N-dealkylation sites (tertiary alicyclic amines) is 1. The zero-order chi connectivity index (χ0) is 17.0. The van der Waals surface area contributed by atoms with E-state index in [0.717, 1.165) is 19.3 Å². The van der Waals surface area contributed by atoms with Crippen molar-refractivity contribution >= 4 is 11.9 Å². The van der Waals surface area contributed by atoms with Gasteiger partial charge in [-0.1, -0.05) is 26.0 Å². The molecule has 1 aromatic carbocycles. The van der Waals surface area contributed by atoms with Crippen LogP contribution in [-0.2, 0) is 9.53 Å². The van der Waals surface area contributed by atoms with Gasteiger partial charge in [-0.2, -0.15) is 0 Å². The number of amides is 1. The molecular formula is C19H27NO3. The summed E-state index contributed by atoms with van der Waals surface area (Å²) < 4.78 is 5.21. The van der Waals surface area contributed by atoms with E-state index in [9.17, 15) is 9.59 Å². The topological polar surface area (TPSA) is 46.6 Å². The predicted molar refractivity (Wildman–Crippen MR) is 90.4 cm³/mol. The molecule has 1 aromatic rings. The van der Waals surface area contributed by atoms with Crippen LogP contribution in [0.25, 0.3) is 0 Å². The third kappa shape index (κ3) is 4.34. The van der Waals surface area contributed by atoms with Crippen LogP contribution in [0.2, 0.25) is 0 Å². The van der Waals surface area contributed by atoms with Crippen LogP contribution in [0.4, 0.5) is 0 Å². The predicted octanol–water partition coefficient (Wildman–Crippen LogP) is 3.76. The standard InChI is InChI=1S/C19H27NO3/c1-13(2)16-8-10-17(11-9-16)19(22)23-12-18(21)20-14(3)6-5-7-15(20)4/h8-11,13-15H,5-7,12H2,1-4H3/t14-,15+. The molecule has 1 amide bonds. The maximum Gasteiger partial charge on any atom is 0.338 e. The minimum Gasteiger partial charge on any atom is -0.452 e. The molecule has 126 valence electrons. The Morgan fingerprint density at radius 3 is 2.22 bits per heavy atom. The van der Waals surface area contributed by atoms with Crippen molar-refractivity contribution in [3.63, 3.8) is 0 Å². The molecule has 23 heavy (non-hydrogen) atoms. The van der Waals surface area contributed by atoms with Crippen molar-refractivity contribution in [3.8, 4) is 0 Å². The maximum atomic E-state index is 12.3. The molecule has 1 saturated heterocycles. The molecular weight excluding hydrogens is 290 g/mol. The van der Waals surface area contributed by atoms with Gasteiger partial charge in [0.05, 0.1) is 5.56 Å². The van der Waals surface area contributed by atoms with Gasteiger partial charge in [0.1, 0.15) is 0 Å². The highest BCUT2D eigenvalue weighted by atomic mass is 16.5. The number of carbonyl (C=O) groups excluding carboxylic acids is 2. The molecule has 0 radical (unpaired) electrons. The van der Waals surface area contributed by atoms with Crippen molar-refractivity contribution in [2.45, 2.75) is 65.0 Å². The number of nitrogens with zero attached hydrogens (tertiary/aromatic N) is 1. The summed E-state index contributed by atoms with van der Waals surface area (Å²) in [4.78, 5) is 26.3. The fraction of sp³-hybridized carbons (Fsp3) is 0.579. The molecule has 1 aliphatic rings. The van der Waals surface area contributed by atoms with Crippen molar-refractivity contribution < 1.29 is 14.3 Å². The number of benzene rings is 1. The van der Waals surface area contributed by atoms with Gasteiger partial charge in [-0.25, -0.2) is 4.79 Å². The van der Waals surface area contributed by atoms with Crippen molar-refractivity contribution in [1.82, 2.24) is 4.90 Å². The number of ether oxygens (including phenoxy) is 1. The molecule has 0 aromatic heterocycles. The quantitative estimate of drug-likeness (QED) is 0.794. The first-order valence-electron chi connectivity index (χ1n) is 8.48. The summed E-state index contributed by atoms with van der Waals surface area (Å²) in [5.74, 6) is -0.119. The highest BCUT2D eigenvalue weighted by Gasteiger charge is 2.29. The van der Waals surface area contributed by atoms with Gasteiger partial charge in [-0.15, -0.1) is 0 Å². The first kappa shape index (κ1) is 17.5. The van der Waals surface area contributed by atoms with E-state index in [4.69, 9.17) is 4.74 Å². The fourth-order valence-corrected chi connectivity index (χ4v) is 3.20. The van der Waals surface area contributed by atoms with E-state index in [2.05, 4.69) is 27.7 Å². The van der Waals surface area contributed by atoms with Crippen LogP contribution in [-0.4, -0.2) is 35.5 Å². The van der Waals surface area contributed by atoms with Gasteiger partial charge in [0.15, 0.2) is 6.61 Å². The second-order valence-electron chi connectivity index (χ2n) is 6.78. The summed E-state index contributed by atoms with van der Waals surface area (Å²) >= 11 is 0. The highest BCUT2D eigenvalue weighted by molar-refractivity contribution is 5.91. The Hall–Kier alpha value is -1.84. The van der Waals surface area contributed by atoms with Crippen LogP contribution in [0.1, 0.15) is 68.8 Å². The number of carbonyl (C=O) groups is 2. The summed E-state index contributed by atoms with van der Waals surface area (Å²) in [5.41, 5.74) is 1.66. The highest BCUT2D eigenvalue weighted by Crippen LogP contribution is 2.22. The molecule has 1 fully saturated rings. The lowest BCUT2D eigenvalue weighted by molar-refractivity contribution is -0.140. The maximum absolute atomic E-state index is 12.3. The number of esters is 1. The molecule has 0 saturated carbocycles. The van der Waals surface area contributed by atoms with E-state index in [-0.39, 0.29) is 24.6 Å². The first-order valence-corrected chi connectivity index (χ1v) is 8.48. The van der Waals surface area contributed by atoms with Crippen LogP contribution in [0.3, 0.4) is 0 Å². The number of hydrogen-bond donors (Lipinski definition) is 0. The molecule has 4 nitrogen and oxygen atoms in total. The van der Waals surface area contributed by atoms with Crippen LogP contribution in [0.15, 0.2) is 24.3 Å². The number of piperidine rings is 1. The lowest BCUT2D eigenvalue weighted by atomic mass is 9.97. The Kier molecular flexibility index (Phi) is 5.80. The minimum atomic E-state index is -0.439. The van der Waals surface area contributed by atoms with Crippen LogP contribution in [0.5, 0.6) is 0 Å². The smallest absolute Gasteiger partial charge is 0.338 e. The molecule has 0 bridgehead atoms. The molecule has 2 atom stereocenters. The molecule has 2 rings (SSSR count). The second-order valence-corrected chi connectivity index (χ2v) is 6.78. The Morgan fingerprint density at radius 1 is 1.13 bits per heavy atom. The van der Waals surface area contributed by atoms with Crippen molar-refractivity contribution in [1.29, 1.82) is 0 Å². The average molecular weight is 317 g/mol. The first-order chi connectivity index (χ1) is 10.9. The lowest BCUT2D eigenvalue weighted by Crippen LogP contribution is -2.49. The Balaban J connectivity index is 1.91. The average Bonchev–Trinajstić information content (AvgIpc) is 2.52. The molecule has 4 heteroatoms. The van der Waals surface area contributed by atoms with Gasteiger partial charge in [0, 0.05) is 12.1 Å². The summed E-state index contributed by atoms with van der Waals surface area (Å²) in [6.45, 7) is 8.14. The summed E-state index contributed by atoms with van der Waals surface area (Å²) in [6.07, 6.45) is 3.18. The van der Waals surface area contributed by atoms with Gasteiger partial charge in [0.25, 0.3) is 5.91 Å². The van der Waals surface area contributed by atoms with Crippen LogP contribution >= 0.6 is 0 Å². The fourth-order valence-electron chi connectivity index (χ4n) is 3.20. The van der Waals surface area contributed by atoms with Crippen LogP contribution in [0, 0.1) is 0 Å². The second kappa shape index (κ2) is 7.62. The Labute approximate surface area is 138 Å². The number of rotatable bonds is 4. The molecule has 0 spiro atoms. The minimum absolute atomic E-state index is 0.100. The zero-order valence-corrected chi connectivity index (χ0v) is 14.5. The van der Waals surface area contributed by atoms with E-state index in [1.807, 2.05) is 17.0 Å². The zero-order valence-electron chi connectivity index (χ0n) is 14.5. The van der Waals surface area contributed by atoms with Gasteiger partial charge in [-0.3, -0.25) is 4.79 Å². The Bertz CT molecular complexity index is 540. The molecule has 1 aliphatic heterocycles. The van der Waals surface area contributed by atoms with Gasteiger partial charge < -0.3 is 9.64 Å². The van der Waals surface area contributed by atoms with Crippen molar-refractivity contribution in [3.05, 3.63) is 35.4 Å². The van der Waals surface area contributed by atoms with Crippen LogP contribution < -0.4 is 0 Å². The summed E-state index contributed by atoms with van der Waals surface area (Å²) in [7, 11) is 0. The monoisotopic (exact) mass is 317 g/mol. The number of hydrogen-bond acceptors (Lipinski definition) is 3. The van der Waals surface area contributed by atoms with Crippen molar-refractivity contribution in [2.75, 3.05) is 6.61 Å². The molecule has 0 N–H and O–H groups in total. The lowest BCUT2D eigenvalue weighted by Gasteiger charge is -2.38. The largest absolute Gasteiger partial charge is 0.452 e. The van der Waals surface area contributed by atoms with E-state index in [1.165, 1.54) is 5.56 Å². The molecule has 0 aliphatic carbocycles. The van der Waals surface area contributed by atoms with Gasteiger partial charge >= 0.3 is 5.97 Å². The normalized spacial score (nSPS) is 21.3. The van der Waals surface area contributed by atoms with E-state index in [0.29, 0.717) is 11.5 Å². The van der Waals surface area contributed by atoms with Gasteiger partial charge in [0.2, 0.25) is 0 Å². The third-order valence-corrected chi connectivity index (χ3v) is 4.62. The molecule has 0 unspecified atom stereocenters. The van der Waals surface area contributed by atoms with E-state index >= 15 is 0 Å². The summed E-state index contributed by atoms with van der Waals surface area (Å²) in [5, 5.41) is 0. The van der Waals surface area contributed by atoms with Gasteiger partial charge in [-0.05, 0) is 56.7 Å². The van der Waals surface area contributed by atoms with E-state index in [1.54, 1.807) is 12.1 Å². The SMILES string of the molecule is CC(C)c1ccc(C(=O)OCC(=O)N2[C@H](C)CCC[C@@H]2C)cc1. The Morgan fingerprint density at radius 2 is 1.70 bits per heavy atom. The summed E-state index contributed by atoms with van der Waals surface area (Å²) in [6, 6.07) is 7.81. The van der Waals surface area contributed by atoms with Crippen molar-refractivity contribution in [2.24, 2.45) is 0 Å². The molecule has 1 heterocycles.